The second-order valence-corrected chi connectivity index (χ2v) is 4.45. The highest BCUT2D eigenvalue weighted by Crippen LogP contribution is 2.29. The van der Waals surface area contributed by atoms with Crippen LogP contribution in [0.25, 0.3) is 0 Å². The molecule has 0 fully saturated rings. The minimum absolute atomic E-state index is 0.269. The van der Waals surface area contributed by atoms with Crippen LogP contribution in [-0.2, 0) is 4.79 Å². The molecule has 1 atom stereocenters. The van der Waals surface area contributed by atoms with Crippen molar-refractivity contribution in [2.75, 3.05) is 12.4 Å². The first-order valence-electron chi connectivity index (χ1n) is 4.74. The van der Waals surface area contributed by atoms with E-state index in [9.17, 15) is 4.79 Å². The summed E-state index contributed by atoms with van der Waals surface area (Å²) in [5.41, 5.74) is 1.40. The third kappa shape index (κ3) is 3.03. The van der Waals surface area contributed by atoms with Crippen molar-refractivity contribution in [3.63, 3.8) is 0 Å². The highest BCUT2D eigenvalue weighted by molar-refractivity contribution is 6.33. The number of nitrogens with one attached hydrogen (secondary N) is 1. The molecule has 1 N–H and O–H groups in total. The molecule has 5 heteroatoms. The maximum absolute atomic E-state index is 11.4. The van der Waals surface area contributed by atoms with Gasteiger partial charge in [-0.3, -0.25) is 4.79 Å². The summed E-state index contributed by atoms with van der Waals surface area (Å²) in [7, 11) is 1.54. The lowest BCUT2D eigenvalue weighted by Gasteiger charge is -2.12. The molecule has 0 unspecified atom stereocenters. The zero-order valence-electron chi connectivity index (χ0n) is 9.30. The van der Waals surface area contributed by atoms with Gasteiger partial charge in [0.2, 0.25) is 5.91 Å². The first-order chi connectivity index (χ1) is 7.45. The number of rotatable bonds is 3. The van der Waals surface area contributed by atoms with Gasteiger partial charge in [-0.05, 0) is 25.5 Å². The van der Waals surface area contributed by atoms with Crippen LogP contribution in [-0.4, -0.2) is 18.4 Å². The topological polar surface area (TPSA) is 38.3 Å². The molecule has 16 heavy (non-hydrogen) atoms. The lowest BCUT2D eigenvalue weighted by atomic mass is 10.2. The number of carbonyl (C=O) groups is 1. The van der Waals surface area contributed by atoms with Gasteiger partial charge in [-0.25, -0.2) is 0 Å². The zero-order valence-corrected chi connectivity index (χ0v) is 10.8. The van der Waals surface area contributed by atoms with Gasteiger partial charge in [0, 0.05) is 16.8 Å². The number of carbonyl (C=O) groups excluding carboxylic acids is 1. The number of amides is 1. The quantitative estimate of drug-likeness (QED) is 0.849. The van der Waals surface area contributed by atoms with E-state index in [-0.39, 0.29) is 5.91 Å². The summed E-state index contributed by atoms with van der Waals surface area (Å²) in [6.07, 6.45) is 0. The molecule has 0 aliphatic carbocycles. The van der Waals surface area contributed by atoms with Gasteiger partial charge in [0.25, 0.3) is 0 Å². The summed E-state index contributed by atoms with van der Waals surface area (Å²) < 4.78 is 5.06. The Labute approximate surface area is 105 Å². The highest BCUT2D eigenvalue weighted by Gasteiger charge is 2.13. The Hall–Kier alpha value is -0.930. The highest BCUT2D eigenvalue weighted by atomic mass is 35.5. The lowest BCUT2D eigenvalue weighted by molar-refractivity contribution is -0.115. The van der Waals surface area contributed by atoms with E-state index in [4.69, 9.17) is 27.9 Å². The summed E-state index contributed by atoms with van der Waals surface area (Å²) in [6, 6.07) is 3.40. The van der Waals surface area contributed by atoms with Crippen LogP contribution >= 0.6 is 23.2 Å². The molecule has 0 saturated heterocycles. The number of hydrogen-bond acceptors (Lipinski definition) is 2. The normalized spacial score (nSPS) is 12.1. The molecule has 1 aromatic rings. The Morgan fingerprint density at radius 3 is 2.62 bits per heavy atom. The summed E-state index contributed by atoms with van der Waals surface area (Å²) in [5, 5.41) is 2.64. The van der Waals surface area contributed by atoms with Crippen LogP contribution in [0.1, 0.15) is 12.5 Å². The van der Waals surface area contributed by atoms with Crippen LogP contribution in [0.5, 0.6) is 5.75 Å². The van der Waals surface area contributed by atoms with E-state index in [0.29, 0.717) is 16.5 Å². The average molecular weight is 262 g/mol. The maximum Gasteiger partial charge on any atom is 0.242 e. The minimum Gasteiger partial charge on any atom is -0.497 e. The van der Waals surface area contributed by atoms with Crippen molar-refractivity contribution in [3.8, 4) is 5.75 Å². The standard InChI is InChI=1S/C11H13Cl2NO2/c1-6-9(13)4-8(16-3)5-10(6)14-11(15)7(2)12/h4-5,7H,1-3H3,(H,14,15)/t7-/m1/s1. The number of methoxy groups -OCH3 is 1. The van der Waals surface area contributed by atoms with Crippen LogP contribution in [0.4, 0.5) is 5.69 Å². The second-order valence-electron chi connectivity index (χ2n) is 3.39. The van der Waals surface area contributed by atoms with E-state index in [1.807, 2.05) is 6.92 Å². The fraction of sp³-hybridized carbons (Fsp3) is 0.364. The maximum atomic E-state index is 11.4. The van der Waals surface area contributed by atoms with Gasteiger partial charge >= 0.3 is 0 Å². The van der Waals surface area contributed by atoms with Crippen LogP contribution < -0.4 is 10.1 Å². The van der Waals surface area contributed by atoms with E-state index in [1.54, 1.807) is 19.1 Å². The minimum atomic E-state index is -0.593. The monoisotopic (exact) mass is 261 g/mol. The molecule has 0 radical (unpaired) electrons. The molecular formula is C11H13Cl2NO2. The van der Waals surface area contributed by atoms with E-state index in [2.05, 4.69) is 5.32 Å². The van der Waals surface area contributed by atoms with Crippen LogP contribution in [0.2, 0.25) is 5.02 Å². The molecule has 0 bridgehead atoms. The van der Waals surface area contributed by atoms with Gasteiger partial charge in [0.1, 0.15) is 11.1 Å². The van der Waals surface area contributed by atoms with Gasteiger partial charge in [-0.1, -0.05) is 11.6 Å². The number of anilines is 1. The van der Waals surface area contributed by atoms with E-state index in [0.717, 1.165) is 5.56 Å². The van der Waals surface area contributed by atoms with Crippen LogP contribution in [0.15, 0.2) is 12.1 Å². The summed E-state index contributed by atoms with van der Waals surface area (Å²) in [5.74, 6) is 0.321. The lowest BCUT2D eigenvalue weighted by Crippen LogP contribution is -2.20. The van der Waals surface area contributed by atoms with Crippen LogP contribution in [0.3, 0.4) is 0 Å². The summed E-state index contributed by atoms with van der Waals surface area (Å²) in [4.78, 5) is 11.4. The molecule has 1 aromatic carbocycles. The van der Waals surface area contributed by atoms with Gasteiger partial charge in [-0.2, -0.15) is 0 Å². The largest absolute Gasteiger partial charge is 0.497 e. The first-order valence-corrected chi connectivity index (χ1v) is 5.56. The van der Waals surface area contributed by atoms with Crippen LogP contribution in [0, 0.1) is 6.92 Å². The van der Waals surface area contributed by atoms with Crippen molar-refractivity contribution in [2.45, 2.75) is 19.2 Å². The predicted octanol–water partition coefficient (Wildman–Crippen LogP) is 3.22. The first kappa shape index (κ1) is 13.1. The Bertz CT molecular complexity index is 405. The van der Waals surface area contributed by atoms with Gasteiger partial charge in [0.05, 0.1) is 7.11 Å². The molecule has 0 saturated carbocycles. The van der Waals surface area contributed by atoms with Crippen molar-refractivity contribution >= 4 is 34.8 Å². The number of benzene rings is 1. The van der Waals surface area contributed by atoms with E-state index in [1.165, 1.54) is 7.11 Å². The molecule has 88 valence electrons. The van der Waals surface area contributed by atoms with E-state index < -0.39 is 5.38 Å². The van der Waals surface area contributed by atoms with Gasteiger partial charge in [0.15, 0.2) is 0 Å². The Balaban J connectivity index is 3.03. The second kappa shape index (κ2) is 5.41. The Kier molecular flexibility index (Phi) is 4.44. The van der Waals surface area contributed by atoms with Crippen molar-refractivity contribution in [1.29, 1.82) is 0 Å². The number of alkyl halides is 1. The third-order valence-corrected chi connectivity index (χ3v) is 2.76. The van der Waals surface area contributed by atoms with Gasteiger partial charge < -0.3 is 10.1 Å². The number of halogens is 2. The van der Waals surface area contributed by atoms with Crippen molar-refractivity contribution < 1.29 is 9.53 Å². The number of hydrogen-bond donors (Lipinski definition) is 1. The Morgan fingerprint density at radius 1 is 1.50 bits per heavy atom. The van der Waals surface area contributed by atoms with Crippen molar-refractivity contribution in [1.82, 2.24) is 0 Å². The predicted molar refractivity (Wildman–Crippen MR) is 66.7 cm³/mol. The molecule has 0 heterocycles. The SMILES string of the molecule is COc1cc(Cl)c(C)c(NC(=O)[C@@H](C)Cl)c1. The summed E-state index contributed by atoms with van der Waals surface area (Å²) in [6.45, 7) is 3.42. The molecule has 0 aromatic heterocycles. The molecule has 3 nitrogen and oxygen atoms in total. The molecule has 0 aliphatic rings. The molecule has 1 rings (SSSR count). The Morgan fingerprint density at radius 2 is 2.12 bits per heavy atom. The van der Waals surface area contributed by atoms with E-state index >= 15 is 0 Å². The average Bonchev–Trinajstić information content (AvgIpc) is 2.24. The van der Waals surface area contributed by atoms with Gasteiger partial charge in [-0.15, -0.1) is 11.6 Å². The smallest absolute Gasteiger partial charge is 0.242 e. The fourth-order valence-electron chi connectivity index (χ4n) is 1.13. The fourth-order valence-corrected chi connectivity index (χ4v) is 1.40. The van der Waals surface area contributed by atoms with Crippen molar-refractivity contribution in [2.24, 2.45) is 0 Å². The zero-order chi connectivity index (χ0) is 12.3. The molecule has 0 spiro atoms. The summed E-state index contributed by atoms with van der Waals surface area (Å²) >= 11 is 11.7. The molecular weight excluding hydrogens is 249 g/mol. The molecule has 1 amide bonds. The third-order valence-electron chi connectivity index (χ3n) is 2.17. The number of ether oxygens (including phenoxy) is 1. The van der Waals surface area contributed by atoms with Crippen molar-refractivity contribution in [3.05, 3.63) is 22.7 Å². The molecule has 0 aliphatic heterocycles.